The lowest BCUT2D eigenvalue weighted by molar-refractivity contribution is -0.129. The van der Waals surface area contributed by atoms with Gasteiger partial charge in [-0.05, 0) is 0 Å². The molecule has 3 unspecified atom stereocenters. The second-order valence-corrected chi connectivity index (χ2v) is 2.29. The van der Waals surface area contributed by atoms with Crippen molar-refractivity contribution in [1.82, 2.24) is 0 Å². The highest BCUT2D eigenvalue weighted by molar-refractivity contribution is 5.01. The van der Waals surface area contributed by atoms with Crippen molar-refractivity contribution in [2.75, 3.05) is 0 Å². The van der Waals surface area contributed by atoms with E-state index in [4.69, 9.17) is 21.7 Å². The van der Waals surface area contributed by atoms with Crippen LogP contribution in [0.1, 0.15) is 6.42 Å². The SMILES string of the molecule is NC1C(O)CC1(N)O. The average molecular weight is 118 g/mol. The van der Waals surface area contributed by atoms with Crippen LogP contribution in [0.25, 0.3) is 0 Å². The summed E-state index contributed by atoms with van der Waals surface area (Å²) in [6.45, 7) is 0. The Kier molecular flexibility index (Phi) is 1.06. The second-order valence-electron chi connectivity index (χ2n) is 2.29. The third-order valence-corrected chi connectivity index (χ3v) is 1.53. The zero-order valence-electron chi connectivity index (χ0n) is 4.41. The topological polar surface area (TPSA) is 92.5 Å². The molecule has 48 valence electrons. The molecule has 0 heterocycles. The summed E-state index contributed by atoms with van der Waals surface area (Å²) < 4.78 is 0. The van der Waals surface area contributed by atoms with Crippen LogP contribution in [0.5, 0.6) is 0 Å². The number of aliphatic hydroxyl groups is 2. The standard InChI is InChI=1S/C4H10N2O2/c5-3-2(7)1-4(3,6)8/h2-3,7-8H,1,5-6H2. The summed E-state index contributed by atoms with van der Waals surface area (Å²) >= 11 is 0. The van der Waals surface area contributed by atoms with Crippen LogP contribution in [0.4, 0.5) is 0 Å². The van der Waals surface area contributed by atoms with Crippen LogP contribution in [0.2, 0.25) is 0 Å². The van der Waals surface area contributed by atoms with Gasteiger partial charge >= 0.3 is 0 Å². The number of hydrogen-bond donors (Lipinski definition) is 4. The molecule has 3 atom stereocenters. The molecule has 6 N–H and O–H groups in total. The normalized spacial score (nSPS) is 55.5. The Morgan fingerprint density at radius 1 is 1.62 bits per heavy atom. The van der Waals surface area contributed by atoms with Crippen molar-refractivity contribution in [1.29, 1.82) is 0 Å². The molecule has 1 aliphatic carbocycles. The first-order chi connectivity index (χ1) is 3.54. The van der Waals surface area contributed by atoms with Gasteiger partial charge in [-0.2, -0.15) is 0 Å². The van der Waals surface area contributed by atoms with Gasteiger partial charge < -0.3 is 21.7 Å². The molecular formula is C4H10N2O2. The molecule has 0 amide bonds. The zero-order chi connectivity index (χ0) is 6.36. The van der Waals surface area contributed by atoms with Crippen LogP contribution >= 0.6 is 0 Å². The van der Waals surface area contributed by atoms with Crippen molar-refractivity contribution in [3.63, 3.8) is 0 Å². The van der Waals surface area contributed by atoms with E-state index >= 15 is 0 Å². The fourth-order valence-electron chi connectivity index (χ4n) is 0.771. The van der Waals surface area contributed by atoms with Crippen molar-refractivity contribution >= 4 is 0 Å². The Morgan fingerprint density at radius 3 is 2.12 bits per heavy atom. The number of hydrogen-bond acceptors (Lipinski definition) is 4. The molecular weight excluding hydrogens is 108 g/mol. The van der Waals surface area contributed by atoms with Gasteiger partial charge in [-0.15, -0.1) is 0 Å². The van der Waals surface area contributed by atoms with Crippen molar-refractivity contribution in [3.05, 3.63) is 0 Å². The van der Waals surface area contributed by atoms with Crippen LogP contribution in [0.15, 0.2) is 0 Å². The Balaban J connectivity index is 2.47. The van der Waals surface area contributed by atoms with Gasteiger partial charge in [0.15, 0.2) is 0 Å². The first-order valence-corrected chi connectivity index (χ1v) is 2.49. The number of aliphatic hydroxyl groups excluding tert-OH is 1. The minimum atomic E-state index is -1.32. The van der Waals surface area contributed by atoms with E-state index in [0.29, 0.717) is 0 Å². The molecule has 0 aromatic carbocycles. The van der Waals surface area contributed by atoms with Crippen molar-refractivity contribution < 1.29 is 10.2 Å². The Labute approximate surface area is 47.1 Å². The Hall–Kier alpha value is -0.160. The number of rotatable bonds is 0. The molecule has 1 aliphatic rings. The highest BCUT2D eigenvalue weighted by Crippen LogP contribution is 2.25. The second kappa shape index (κ2) is 1.41. The summed E-state index contributed by atoms with van der Waals surface area (Å²) in [5, 5.41) is 17.5. The molecule has 0 bridgehead atoms. The molecule has 4 heteroatoms. The van der Waals surface area contributed by atoms with Crippen molar-refractivity contribution in [3.8, 4) is 0 Å². The van der Waals surface area contributed by atoms with Crippen LogP contribution in [0, 0.1) is 0 Å². The molecule has 0 aliphatic heterocycles. The van der Waals surface area contributed by atoms with Gasteiger partial charge in [-0.1, -0.05) is 0 Å². The quantitative estimate of drug-likeness (QED) is 0.270. The van der Waals surface area contributed by atoms with E-state index < -0.39 is 17.9 Å². The highest BCUT2D eigenvalue weighted by atomic mass is 16.3. The molecule has 0 radical (unpaired) electrons. The van der Waals surface area contributed by atoms with Crippen LogP contribution in [0.3, 0.4) is 0 Å². The molecule has 8 heavy (non-hydrogen) atoms. The predicted molar refractivity (Wildman–Crippen MR) is 27.7 cm³/mol. The highest BCUT2D eigenvalue weighted by Gasteiger charge is 2.47. The maximum atomic E-state index is 8.84. The molecule has 0 aromatic heterocycles. The van der Waals surface area contributed by atoms with Gasteiger partial charge in [0.25, 0.3) is 0 Å². The lowest BCUT2D eigenvalue weighted by atomic mass is 9.80. The Bertz CT molecular complexity index is 104. The van der Waals surface area contributed by atoms with Crippen molar-refractivity contribution in [2.45, 2.75) is 24.3 Å². The van der Waals surface area contributed by atoms with Crippen molar-refractivity contribution in [2.24, 2.45) is 11.5 Å². The third kappa shape index (κ3) is 0.621. The van der Waals surface area contributed by atoms with E-state index in [2.05, 4.69) is 0 Å². The van der Waals surface area contributed by atoms with Gasteiger partial charge in [0.1, 0.15) is 5.72 Å². The van der Waals surface area contributed by atoms with Gasteiger partial charge in [-0.3, -0.25) is 0 Å². The van der Waals surface area contributed by atoms with Gasteiger partial charge in [0, 0.05) is 6.42 Å². The van der Waals surface area contributed by atoms with Gasteiger partial charge in [0.05, 0.1) is 12.1 Å². The zero-order valence-corrected chi connectivity index (χ0v) is 4.41. The maximum absolute atomic E-state index is 8.84. The van der Waals surface area contributed by atoms with E-state index in [1.807, 2.05) is 0 Å². The first-order valence-electron chi connectivity index (χ1n) is 2.49. The predicted octanol–water partition coefficient (Wildman–Crippen LogP) is -2.27. The molecule has 0 saturated heterocycles. The largest absolute Gasteiger partial charge is 0.391 e. The number of nitrogens with two attached hydrogens (primary N) is 2. The van der Waals surface area contributed by atoms with Crippen LogP contribution in [-0.2, 0) is 0 Å². The first kappa shape index (κ1) is 5.97. The van der Waals surface area contributed by atoms with E-state index in [1.54, 1.807) is 0 Å². The summed E-state index contributed by atoms with van der Waals surface area (Å²) in [5.41, 5.74) is 8.98. The average Bonchev–Trinajstić information content (AvgIpc) is 1.65. The smallest absolute Gasteiger partial charge is 0.133 e. The van der Waals surface area contributed by atoms with E-state index in [9.17, 15) is 0 Å². The maximum Gasteiger partial charge on any atom is 0.133 e. The molecule has 1 rings (SSSR count). The fourth-order valence-corrected chi connectivity index (χ4v) is 0.771. The lowest BCUT2D eigenvalue weighted by Gasteiger charge is -2.43. The van der Waals surface area contributed by atoms with E-state index in [1.165, 1.54) is 0 Å². The molecule has 0 aromatic rings. The lowest BCUT2D eigenvalue weighted by Crippen LogP contribution is -2.71. The monoisotopic (exact) mass is 118 g/mol. The molecule has 1 fully saturated rings. The third-order valence-electron chi connectivity index (χ3n) is 1.53. The van der Waals surface area contributed by atoms with Crippen LogP contribution in [-0.4, -0.2) is 28.1 Å². The van der Waals surface area contributed by atoms with Gasteiger partial charge in [-0.25, -0.2) is 0 Å². The minimum Gasteiger partial charge on any atom is -0.391 e. The summed E-state index contributed by atoms with van der Waals surface area (Å²) in [6, 6.07) is -0.664. The molecule has 1 saturated carbocycles. The summed E-state index contributed by atoms with van der Waals surface area (Å²) in [6.07, 6.45) is -0.432. The summed E-state index contributed by atoms with van der Waals surface area (Å²) in [7, 11) is 0. The van der Waals surface area contributed by atoms with Gasteiger partial charge in [0.2, 0.25) is 0 Å². The van der Waals surface area contributed by atoms with Crippen LogP contribution < -0.4 is 11.5 Å². The summed E-state index contributed by atoms with van der Waals surface area (Å²) in [5.74, 6) is 0. The molecule has 0 spiro atoms. The Morgan fingerprint density at radius 2 is 2.12 bits per heavy atom. The van der Waals surface area contributed by atoms with E-state index in [-0.39, 0.29) is 6.42 Å². The fraction of sp³-hybridized carbons (Fsp3) is 1.00. The molecule has 4 nitrogen and oxygen atoms in total. The summed E-state index contributed by atoms with van der Waals surface area (Å²) in [4.78, 5) is 0. The van der Waals surface area contributed by atoms with E-state index in [0.717, 1.165) is 0 Å². The minimum absolute atomic E-state index is 0.189.